The van der Waals surface area contributed by atoms with Crippen molar-refractivity contribution < 1.29 is 28.6 Å². The van der Waals surface area contributed by atoms with E-state index in [1.807, 2.05) is 0 Å². The Morgan fingerprint density at radius 1 is 0.317 bits per heavy atom. The molecular weight excluding hydrogens is 781 g/mol. The fraction of sp³-hybridized carbons (Fsp3) is 0.737. The van der Waals surface area contributed by atoms with Crippen LogP contribution in [-0.2, 0) is 28.6 Å². The zero-order chi connectivity index (χ0) is 45.8. The maximum atomic E-state index is 12.8. The maximum Gasteiger partial charge on any atom is 0.306 e. The van der Waals surface area contributed by atoms with Gasteiger partial charge in [-0.15, -0.1) is 0 Å². The van der Waals surface area contributed by atoms with Crippen molar-refractivity contribution in [3.63, 3.8) is 0 Å². The number of unbranched alkanes of at least 4 members (excludes halogenated alkanes) is 24. The van der Waals surface area contributed by atoms with E-state index in [-0.39, 0.29) is 37.5 Å². The van der Waals surface area contributed by atoms with Crippen molar-refractivity contribution in [1.29, 1.82) is 0 Å². The number of rotatable bonds is 47. The molecule has 0 unspecified atom stereocenters. The Morgan fingerprint density at radius 3 is 1.00 bits per heavy atom. The third-order valence-electron chi connectivity index (χ3n) is 11.2. The molecule has 0 radical (unpaired) electrons. The van der Waals surface area contributed by atoms with Crippen molar-refractivity contribution in [1.82, 2.24) is 0 Å². The Bertz CT molecular complexity index is 1190. The van der Waals surface area contributed by atoms with Gasteiger partial charge in [-0.05, 0) is 109 Å². The summed E-state index contributed by atoms with van der Waals surface area (Å²) in [6, 6.07) is 0. The van der Waals surface area contributed by atoms with Gasteiger partial charge in [0.05, 0.1) is 0 Å². The summed E-state index contributed by atoms with van der Waals surface area (Å²) < 4.78 is 16.7. The molecule has 0 saturated carbocycles. The number of ether oxygens (including phenoxy) is 3. The van der Waals surface area contributed by atoms with Crippen LogP contribution in [0.25, 0.3) is 0 Å². The van der Waals surface area contributed by atoms with Crippen molar-refractivity contribution in [2.24, 2.45) is 0 Å². The van der Waals surface area contributed by atoms with Crippen LogP contribution in [0.1, 0.15) is 252 Å². The van der Waals surface area contributed by atoms with Crippen LogP contribution in [0.2, 0.25) is 0 Å². The largest absolute Gasteiger partial charge is 0.462 e. The van der Waals surface area contributed by atoms with Crippen LogP contribution in [0.15, 0.2) is 72.9 Å². The summed E-state index contributed by atoms with van der Waals surface area (Å²) in [5.74, 6) is -0.973. The molecule has 0 amide bonds. The van der Waals surface area contributed by atoms with E-state index < -0.39 is 6.10 Å². The van der Waals surface area contributed by atoms with Crippen LogP contribution in [0, 0.1) is 0 Å². The number of carbonyl (C=O) groups excluding carboxylic acids is 3. The molecule has 0 bridgehead atoms. The fourth-order valence-corrected chi connectivity index (χ4v) is 7.13. The molecule has 6 nitrogen and oxygen atoms in total. The predicted octanol–water partition coefficient (Wildman–Crippen LogP) is 17.4. The highest BCUT2D eigenvalue weighted by Crippen LogP contribution is 2.13. The van der Waals surface area contributed by atoms with E-state index in [9.17, 15) is 14.4 Å². The monoisotopic (exact) mass is 879 g/mol. The molecule has 0 heterocycles. The minimum atomic E-state index is -0.804. The van der Waals surface area contributed by atoms with Crippen LogP contribution < -0.4 is 0 Å². The van der Waals surface area contributed by atoms with Crippen molar-refractivity contribution in [2.75, 3.05) is 13.2 Å². The topological polar surface area (TPSA) is 78.9 Å². The van der Waals surface area contributed by atoms with E-state index in [1.54, 1.807) is 0 Å². The van der Waals surface area contributed by atoms with Crippen LogP contribution in [-0.4, -0.2) is 37.2 Å². The average Bonchev–Trinajstić information content (AvgIpc) is 3.28. The Balaban J connectivity index is 4.49. The summed E-state index contributed by atoms with van der Waals surface area (Å²) in [5.41, 5.74) is 0. The average molecular weight is 879 g/mol. The van der Waals surface area contributed by atoms with Crippen LogP contribution in [0.4, 0.5) is 0 Å². The van der Waals surface area contributed by atoms with E-state index in [4.69, 9.17) is 14.2 Å². The van der Waals surface area contributed by atoms with Crippen LogP contribution >= 0.6 is 0 Å². The molecule has 6 heteroatoms. The van der Waals surface area contributed by atoms with Gasteiger partial charge < -0.3 is 14.2 Å². The van der Waals surface area contributed by atoms with Gasteiger partial charge in [-0.25, -0.2) is 0 Å². The highest BCUT2D eigenvalue weighted by atomic mass is 16.6. The Kier molecular flexibility index (Phi) is 48.9. The third kappa shape index (κ3) is 49.7. The molecule has 0 fully saturated rings. The summed E-state index contributed by atoms with van der Waals surface area (Å²) in [6.45, 7) is 6.53. The minimum Gasteiger partial charge on any atom is -0.462 e. The zero-order valence-corrected chi connectivity index (χ0v) is 41.3. The highest BCUT2D eigenvalue weighted by molar-refractivity contribution is 5.71. The first-order chi connectivity index (χ1) is 31.0. The zero-order valence-electron chi connectivity index (χ0n) is 41.3. The van der Waals surface area contributed by atoms with Crippen molar-refractivity contribution >= 4 is 17.9 Å². The number of hydrogen-bond acceptors (Lipinski definition) is 6. The summed E-state index contributed by atoms with van der Waals surface area (Å²) in [7, 11) is 0. The smallest absolute Gasteiger partial charge is 0.306 e. The molecule has 0 aliphatic heterocycles. The molecular formula is C57H98O6. The lowest BCUT2D eigenvalue weighted by Gasteiger charge is -2.18. The van der Waals surface area contributed by atoms with Gasteiger partial charge in [-0.3, -0.25) is 14.4 Å². The van der Waals surface area contributed by atoms with E-state index in [2.05, 4.69) is 93.7 Å². The molecule has 0 aliphatic rings. The molecule has 0 spiro atoms. The molecule has 0 saturated heterocycles. The summed E-state index contributed by atoms with van der Waals surface area (Å²) in [6.07, 6.45) is 64.6. The molecule has 0 N–H and O–H groups in total. The lowest BCUT2D eigenvalue weighted by Crippen LogP contribution is -2.30. The minimum absolute atomic E-state index is 0.0999. The molecule has 63 heavy (non-hydrogen) atoms. The van der Waals surface area contributed by atoms with Gasteiger partial charge in [-0.1, -0.05) is 196 Å². The van der Waals surface area contributed by atoms with Gasteiger partial charge >= 0.3 is 17.9 Å². The first-order valence-electron chi connectivity index (χ1n) is 26.4. The van der Waals surface area contributed by atoms with Gasteiger partial charge in [0, 0.05) is 19.3 Å². The lowest BCUT2D eigenvalue weighted by atomic mass is 10.1. The first kappa shape index (κ1) is 59.9. The van der Waals surface area contributed by atoms with Gasteiger partial charge in [0.2, 0.25) is 0 Å². The van der Waals surface area contributed by atoms with Crippen LogP contribution in [0.5, 0.6) is 0 Å². The van der Waals surface area contributed by atoms with E-state index >= 15 is 0 Å². The molecule has 0 aromatic carbocycles. The highest BCUT2D eigenvalue weighted by Gasteiger charge is 2.19. The van der Waals surface area contributed by atoms with Gasteiger partial charge in [0.15, 0.2) is 6.10 Å². The number of carbonyl (C=O) groups is 3. The Labute approximate surface area is 389 Å². The molecule has 0 aromatic heterocycles. The van der Waals surface area contributed by atoms with Crippen molar-refractivity contribution in [3.05, 3.63) is 72.9 Å². The maximum absolute atomic E-state index is 12.8. The number of esters is 3. The van der Waals surface area contributed by atoms with Gasteiger partial charge in [-0.2, -0.15) is 0 Å². The summed E-state index contributed by atoms with van der Waals surface area (Å²) >= 11 is 0. The molecule has 0 rings (SSSR count). The first-order valence-corrected chi connectivity index (χ1v) is 26.4. The molecule has 0 aromatic rings. The molecule has 362 valence electrons. The fourth-order valence-electron chi connectivity index (χ4n) is 7.13. The summed E-state index contributed by atoms with van der Waals surface area (Å²) in [5, 5.41) is 0. The normalized spacial score (nSPS) is 12.6. The summed E-state index contributed by atoms with van der Waals surface area (Å²) in [4.78, 5) is 38.0. The second-order valence-corrected chi connectivity index (χ2v) is 17.4. The second kappa shape index (κ2) is 51.5. The predicted molar refractivity (Wildman–Crippen MR) is 270 cm³/mol. The number of allylic oxidation sites excluding steroid dienone is 12. The quantitative estimate of drug-likeness (QED) is 0.0262. The third-order valence-corrected chi connectivity index (χ3v) is 11.2. The van der Waals surface area contributed by atoms with Gasteiger partial charge in [0.1, 0.15) is 13.2 Å². The second-order valence-electron chi connectivity index (χ2n) is 17.4. The SMILES string of the molecule is CCCCC/C=C\C/C=C\C/C=C\C/C=C\CCCC(=O)OC[C@@H](COC(=O)CCCCCCC/C=C\CCCCCCC)OC(=O)CCCCCCC/C=C\CCCCCCC. The van der Waals surface area contributed by atoms with Gasteiger partial charge in [0.25, 0.3) is 0 Å². The van der Waals surface area contributed by atoms with Crippen molar-refractivity contribution in [3.8, 4) is 0 Å². The standard InChI is InChI=1S/C57H98O6/c1-4-7-10-13-16-19-22-25-28-29-30-33-35-38-41-44-47-50-56(59)62-53-54(63-57(60)51-48-45-42-39-36-32-27-24-21-18-15-12-9-6-3)52-61-55(58)49-46-43-40-37-34-31-26-23-20-17-14-11-8-5-2/h16,19,23-28,30,33,38,41,54H,4-15,17-18,20-22,29,31-32,34-37,39-40,42-53H2,1-3H3/b19-16-,26-23-,27-24-,28-25-,33-30-,41-38-/t54-/m1/s1. The number of hydrogen-bond donors (Lipinski definition) is 0. The van der Waals surface area contributed by atoms with Crippen LogP contribution in [0.3, 0.4) is 0 Å². The Hall–Kier alpha value is -3.15. The molecule has 0 aliphatic carbocycles. The Morgan fingerprint density at radius 2 is 0.587 bits per heavy atom. The van der Waals surface area contributed by atoms with Crippen molar-refractivity contribution in [2.45, 2.75) is 258 Å². The lowest BCUT2D eigenvalue weighted by molar-refractivity contribution is -0.167. The van der Waals surface area contributed by atoms with E-state index in [0.717, 1.165) is 83.5 Å². The van der Waals surface area contributed by atoms with E-state index in [0.29, 0.717) is 19.3 Å². The van der Waals surface area contributed by atoms with E-state index in [1.165, 1.54) is 122 Å². The molecule has 1 atom stereocenters.